The van der Waals surface area contributed by atoms with Crippen molar-refractivity contribution in [2.75, 3.05) is 18.1 Å². The van der Waals surface area contributed by atoms with E-state index in [0.29, 0.717) is 17.9 Å². The molecule has 1 heterocycles. The third kappa shape index (κ3) is 4.55. The standard InChI is InChI=1S/C22H20N2O7/c1-3-30-15-8-6-14(7-9-15)24-20(26)17(19(25)23-22(24)29)12-13-5-10-18(31-4-2)16(11-13)21(27)28/h5-12H,3-4H2,1-2H3,(H,27,28)(H,23,25,29). The maximum absolute atomic E-state index is 13.0. The van der Waals surface area contributed by atoms with Crippen LogP contribution >= 0.6 is 0 Å². The number of benzene rings is 2. The van der Waals surface area contributed by atoms with E-state index in [9.17, 15) is 24.3 Å². The van der Waals surface area contributed by atoms with Gasteiger partial charge >= 0.3 is 12.0 Å². The molecule has 31 heavy (non-hydrogen) atoms. The normalized spacial score (nSPS) is 15.1. The summed E-state index contributed by atoms with van der Waals surface area (Å²) >= 11 is 0. The summed E-state index contributed by atoms with van der Waals surface area (Å²) in [5.74, 6) is -2.18. The van der Waals surface area contributed by atoms with Crippen molar-refractivity contribution in [3.63, 3.8) is 0 Å². The van der Waals surface area contributed by atoms with Gasteiger partial charge in [-0.3, -0.25) is 14.9 Å². The number of carbonyl (C=O) groups excluding carboxylic acids is 3. The Bertz CT molecular complexity index is 1070. The van der Waals surface area contributed by atoms with Crippen LogP contribution in [-0.4, -0.2) is 42.1 Å². The second kappa shape index (κ2) is 9.12. The topological polar surface area (TPSA) is 122 Å². The number of ether oxygens (including phenoxy) is 2. The van der Waals surface area contributed by atoms with Gasteiger partial charge in [0.2, 0.25) is 0 Å². The summed E-state index contributed by atoms with van der Waals surface area (Å²) in [5, 5.41) is 11.5. The number of amides is 4. The van der Waals surface area contributed by atoms with E-state index in [0.717, 1.165) is 4.90 Å². The molecule has 0 saturated carbocycles. The summed E-state index contributed by atoms with van der Waals surface area (Å²) in [6.45, 7) is 4.29. The molecule has 0 unspecified atom stereocenters. The molecule has 3 rings (SSSR count). The molecular formula is C22H20N2O7. The first kappa shape index (κ1) is 21.6. The molecule has 0 aliphatic carbocycles. The molecule has 0 radical (unpaired) electrons. The number of carboxylic acid groups (broad SMARTS) is 1. The molecule has 9 nitrogen and oxygen atoms in total. The number of aromatic carboxylic acids is 1. The molecule has 9 heteroatoms. The Morgan fingerprint density at radius 2 is 1.71 bits per heavy atom. The SMILES string of the molecule is CCOc1ccc(N2C(=O)NC(=O)C(=Cc3ccc(OCC)c(C(=O)O)c3)C2=O)cc1. The number of nitrogens with zero attached hydrogens (tertiary/aromatic N) is 1. The minimum Gasteiger partial charge on any atom is -0.494 e. The van der Waals surface area contributed by atoms with Crippen molar-refractivity contribution >= 4 is 35.6 Å². The van der Waals surface area contributed by atoms with Gasteiger partial charge in [-0.1, -0.05) is 6.07 Å². The van der Waals surface area contributed by atoms with Gasteiger partial charge in [-0.25, -0.2) is 14.5 Å². The smallest absolute Gasteiger partial charge is 0.339 e. The van der Waals surface area contributed by atoms with E-state index >= 15 is 0 Å². The second-order valence-corrected chi connectivity index (χ2v) is 6.38. The maximum Gasteiger partial charge on any atom is 0.339 e. The largest absolute Gasteiger partial charge is 0.494 e. The number of imide groups is 2. The fraction of sp³-hybridized carbons (Fsp3) is 0.182. The number of carbonyl (C=O) groups is 4. The number of barbiturate groups is 1. The molecular weight excluding hydrogens is 404 g/mol. The molecule has 0 spiro atoms. The molecule has 1 fully saturated rings. The van der Waals surface area contributed by atoms with Crippen LogP contribution in [0, 0.1) is 0 Å². The van der Waals surface area contributed by atoms with Crippen LogP contribution in [0.5, 0.6) is 11.5 Å². The number of rotatable bonds is 7. The lowest BCUT2D eigenvalue weighted by atomic mass is 10.0. The van der Waals surface area contributed by atoms with Crippen molar-refractivity contribution in [1.29, 1.82) is 0 Å². The fourth-order valence-corrected chi connectivity index (χ4v) is 3.00. The van der Waals surface area contributed by atoms with Crippen LogP contribution in [0.1, 0.15) is 29.8 Å². The highest BCUT2D eigenvalue weighted by molar-refractivity contribution is 6.39. The van der Waals surface area contributed by atoms with Gasteiger partial charge in [0.1, 0.15) is 22.6 Å². The monoisotopic (exact) mass is 424 g/mol. The number of hydrogen-bond acceptors (Lipinski definition) is 6. The molecule has 160 valence electrons. The molecule has 0 bridgehead atoms. The molecule has 2 aromatic carbocycles. The van der Waals surface area contributed by atoms with Gasteiger partial charge in [-0.2, -0.15) is 0 Å². The third-order valence-corrected chi connectivity index (χ3v) is 4.35. The van der Waals surface area contributed by atoms with Crippen molar-refractivity contribution < 1.29 is 33.8 Å². The Kier molecular flexibility index (Phi) is 6.35. The molecule has 2 N–H and O–H groups in total. The van der Waals surface area contributed by atoms with Crippen LogP contribution in [0.2, 0.25) is 0 Å². The summed E-state index contributed by atoms with van der Waals surface area (Å²) in [5.41, 5.74) is 0.121. The highest BCUT2D eigenvalue weighted by Gasteiger charge is 2.36. The molecule has 0 aromatic heterocycles. The first-order chi connectivity index (χ1) is 14.8. The van der Waals surface area contributed by atoms with Crippen LogP contribution < -0.4 is 19.7 Å². The van der Waals surface area contributed by atoms with Gasteiger partial charge in [0.15, 0.2) is 0 Å². The number of nitrogens with one attached hydrogen (secondary N) is 1. The van der Waals surface area contributed by atoms with E-state index in [2.05, 4.69) is 5.32 Å². The van der Waals surface area contributed by atoms with E-state index < -0.39 is 23.8 Å². The zero-order chi connectivity index (χ0) is 22.5. The first-order valence-corrected chi connectivity index (χ1v) is 9.50. The first-order valence-electron chi connectivity index (χ1n) is 9.50. The van der Waals surface area contributed by atoms with Crippen molar-refractivity contribution in [2.24, 2.45) is 0 Å². The molecule has 2 aromatic rings. The fourth-order valence-electron chi connectivity index (χ4n) is 3.00. The Morgan fingerprint density at radius 1 is 1.03 bits per heavy atom. The Hall–Kier alpha value is -4.14. The summed E-state index contributed by atoms with van der Waals surface area (Å²) in [4.78, 5) is 49.9. The molecule has 4 amide bonds. The summed E-state index contributed by atoms with van der Waals surface area (Å²) in [7, 11) is 0. The summed E-state index contributed by atoms with van der Waals surface area (Å²) in [6.07, 6.45) is 1.23. The number of carboxylic acids is 1. The lowest BCUT2D eigenvalue weighted by Crippen LogP contribution is -2.54. The lowest BCUT2D eigenvalue weighted by molar-refractivity contribution is -0.122. The van der Waals surface area contributed by atoms with Crippen molar-refractivity contribution in [1.82, 2.24) is 5.32 Å². The molecule has 1 aliphatic heterocycles. The van der Waals surface area contributed by atoms with Crippen LogP contribution in [0.15, 0.2) is 48.0 Å². The van der Waals surface area contributed by atoms with Crippen LogP contribution in [0.4, 0.5) is 10.5 Å². The summed E-state index contributed by atoms with van der Waals surface area (Å²) < 4.78 is 10.6. The quantitative estimate of drug-likeness (QED) is 0.518. The average Bonchev–Trinajstić information content (AvgIpc) is 2.73. The van der Waals surface area contributed by atoms with Crippen molar-refractivity contribution in [3.8, 4) is 11.5 Å². The highest BCUT2D eigenvalue weighted by atomic mass is 16.5. The van der Waals surface area contributed by atoms with Gasteiger partial charge in [0.25, 0.3) is 11.8 Å². The van der Waals surface area contributed by atoms with Crippen LogP contribution in [-0.2, 0) is 9.59 Å². The Labute approximate surface area is 177 Å². The maximum atomic E-state index is 13.0. The van der Waals surface area contributed by atoms with E-state index in [1.165, 1.54) is 36.4 Å². The average molecular weight is 424 g/mol. The molecule has 0 atom stereocenters. The number of anilines is 1. The van der Waals surface area contributed by atoms with E-state index in [4.69, 9.17) is 9.47 Å². The molecule has 1 saturated heterocycles. The minimum atomic E-state index is -1.21. The van der Waals surface area contributed by atoms with Crippen LogP contribution in [0.25, 0.3) is 6.08 Å². The predicted molar refractivity (Wildman–Crippen MR) is 111 cm³/mol. The van der Waals surface area contributed by atoms with E-state index in [1.807, 2.05) is 6.92 Å². The third-order valence-electron chi connectivity index (χ3n) is 4.35. The highest BCUT2D eigenvalue weighted by Crippen LogP contribution is 2.26. The second-order valence-electron chi connectivity index (χ2n) is 6.38. The van der Waals surface area contributed by atoms with E-state index in [1.54, 1.807) is 19.1 Å². The van der Waals surface area contributed by atoms with Gasteiger partial charge < -0.3 is 14.6 Å². The van der Waals surface area contributed by atoms with Gasteiger partial charge in [0, 0.05) is 0 Å². The lowest BCUT2D eigenvalue weighted by Gasteiger charge is -2.26. The van der Waals surface area contributed by atoms with Gasteiger partial charge in [0.05, 0.1) is 18.9 Å². The van der Waals surface area contributed by atoms with E-state index in [-0.39, 0.29) is 29.2 Å². The summed E-state index contributed by atoms with van der Waals surface area (Å²) in [6, 6.07) is 9.62. The van der Waals surface area contributed by atoms with Gasteiger partial charge in [-0.15, -0.1) is 0 Å². The predicted octanol–water partition coefficient (Wildman–Crippen LogP) is 2.85. The number of hydrogen-bond donors (Lipinski definition) is 2. The van der Waals surface area contributed by atoms with Crippen molar-refractivity contribution in [2.45, 2.75) is 13.8 Å². The van der Waals surface area contributed by atoms with Gasteiger partial charge in [-0.05, 0) is 61.9 Å². The van der Waals surface area contributed by atoms with Crippen LogP contribution in [0.3, 0.4) is 0 Å². The number of urea groups is 1. The molecule has 1 aliphatic rings. The minimum absolute atomic E-state index is 0.112. The Balaban J connectivity index is 1.97. The zero-order valence-electron chi connectivity index (χ0n) is 16.9. The Morgan fingerprint density at radius 3 is 2.32 bits per heavy atom. The van der Waals surface area contributed by atoms with Crippen molar-refractivity contribution in [3.05, 3.63) is 59.2 Å². The zero-order valence-corrected chi connectivity index (χ0v) is 16.9.